The molecular weight excluding hydrogens is 461 g/mol. The molecule has 2 aromatic heterocycles. The molecule has 2 aromatic carbocycles. The fourth-order valence-corrected chi connectivity index (χ4v) is 3.47. The molecule has 10 heteroatoms. The van der Waals surface area contributed by atoms with Gasteiger partial charge in [0, 0.05) is 25.0 Å². The largest absolute Gasteiger partial charge is 0.438 e. The van der Waals surface area contributed by atoms with Gasteiger partial charge in [-0.2, -0.15) is 13.2 Å². The van der Waals surface area contributed by atoms with Gasteiger partial charge in [0.05, 0.1) is 24.0 Å². The van der Waals surface area contributed by atoms with Crippen LogP contribution in [0.25, 0.3) is 11.0 Å². The SMILES string of the molecule is CCOCCn1ccc2c(Oc3ccc(NC(=O)Cc4ccc(C(F)(F)F)cc4)cc3)ncnc21. The number of benzene rings is 2. The molecule has 0 radical (unpaired) electrons. The van der Waals surface area contributed by atoms with Crippen molar-refractivity contribution in [1.82, 2.24) is 14.5 Å². The Bertz CT molecular complexity index is 1290. The van der Waals surface area contributed by atoms with Crippen LogP contribution in [-0.2, 0) is 28.7 Å². The zero-order valence-electron chi connectivity index (χ0n) is 18.9. The second-order valence-electron chi connectivity index (χ2n) is 7.67. The number of nitrogens with one attached hydrogen (secondary N) is 1. The summed E-state index contributed by atoms with van der Waals surface area (Å²) in [4.78, 5) is 20.9. The van der Waals surface area contributed by atoms with E-state index in [2.05, 4.69) is 15.3 Å². The third-order valence-corrected chi connectivity index (χ3v) is 5.20. The highest BCUT2D eigenvalue weighted by molar-refractivity contribution is 5.92. The van der Waals surface area contributed by atoms with Gasteiger partial charge in [0.2, 0.25) is 11.8 Å². The van der Waals surface area contributed by atoms with E-state index in [9.17, 15) is 18.0 Å². The normalized spacial score (nSPS) is 11.5. The van der Waals surface area contributed by atoms with Gasteiger partial charge in [0.1, 0.15) is 17.7 Å². The van der Waals surface area contributed by atoms with Crippen LogP contribution in [0.1, 0.15) is 18.1 Å². The minimum absolute atomic E-state index is 0.0460. The molecule has 0 saturated heterocycles. The minimum Gasteiger partial charge on any atom is -0.438 e. The van der Waals surface area contributed by atoms with Crippen LogP contribution >= 0.6 is 0 Å². The Morgan fingerprint density at radius 3 is 2.46 bits per heavy atom. The quantitative estimate of drug-likeness (QED) is 0.319. The lowest BCUT2D eigenvalue weighted by molar-refractivity contribution is -0.137. The molecule has 2 heterocycles. The number of anilines is 1. The molecule has 0 bridgehead atoms. The zero-order valence-corrected chi connectivity index (χ0v) is 18.9. The summed E-state index contributed by atoms with van der Waals surface area (Å²) in [6.45, 7) is 3.83. The second kappa shape index (κ2) is 10.6. The topological polar surface area (TPSA) is 78.3 Å². The van der Waals surface area contributed by atoms with E-state index in [0.29, 0.717) is 42.6 Å². The molecule has 1 N–H and O–H groups in total. The van der Waals surface area contributed by atoms with Gasteiger partial charge in [-0.05, 0) is 55.0 Å². The van der Waals surface area contributed by atoms with Gasteiger partial charge in [0.15, 0.2) is 0 Å². The van der Waals surface area contributed by atoms with Crippen LogP contribution < -0.4 is 10.1 Å². The van der Waals surface area contributed by atoms with Crippen molar-refractivity contribution in [3.8, 4) is 11.6 Å². The number of hydrogen-bond donors (Lipinski definition) is 1. The number of alkyl halides is 3. The average molecular weight is 484 g/mol. The van der Waals surface area contributed by atoms with E-state index in [1.54, 1.807) is 24.3 Å². The summed E-state index contributed by atoms with van der Waals surface area (Å²) in [5.74, 6) is 0.585. The van der Waals surface area contributed by atoms with Crippen molar-refractivity contribution in [1.29, 1.82) is 0 Å². The van der Waals surface area contributed by atoms with Gasteiger partial charge in [-0.3, -0.25) is 4.79 Å². The third-order valence-electron chi connectivity index (χ3n) is 5.20. The van der Waals surface area contributed by atoms with Crippen molar-refractivity contribution < 1.29 is 27.4 Å². The van der Waals surface area contributed by atoms with E-state index in [0.717, 1.165) is 23.2 Å². The molecule has 1 amide bonds. The first-order valence-electron chi connectivity index (χ1n) is 10.9. The molecule has 182 valence electrons. The molecular formula is C25H23F3N4O3. The summed E-state index contributed by atoms with van der Waals surface area (Å²) in [6, 6.07) is 13.1. The minimum atomic E-state index is -4.41. The number of nitrogens with zero attached hydrogens (tertiary/aromatic N) is 3. The van der Waals surface area contributed by atoms with Crippen molar-refractivity contribution in [2.45, 2.75) is 26.1 Å². The monoisotopic (exact) mass is 484 g/mol. The van der Waals surface area contributed by atoms with Gasteiger partial charge in [0.25, 0.3) is 0 Å². The number of carbonyl (C=O) groups is 1. The van der Waals surface area contributed by atoms with Gasteiger partial charge >= 0.3 is 6.18 Å². The molecule has 0 saturated carbocycles. The fraction of sp³-hybridized carbons (Fsp3) is 0.240. The Morgan fingerprint density at radius 2 is 1.77 bits per heavy atom. The number of fused-ring (bicyclic) bond motifs is 1. The van der Waals surface area contributed by atoms with Crippen molar-refractivity contribution in [3.05, 3.63) is 78.2 Å². The van der Waals surface area contributed by atoms with Crippen LogP contribution in [-0.4, -0.2) is 33.7 Å². The maximum absolute atomic E-state index is 12.7. The third kappa shape index (κ3) is 6.15. The average Bonchev–Trinajstić information content (AvgIpc) is 3.24. The lowest BCUT2D eigenvalue weighted by Crippen LogP contribution is -2.14. The highest BCUT2D eigenvalue weighted by atomic mass is 19.4. The Morgan fingerprint density at radius 1 is 1.03 bits per heavy atom. The summed E-state index contributed by atoms with van der Waals surface area (Å²) in [6.07, 6.45) is -1.11. The van der Waals surface area contributed by atoms with Crippen LogP contribution in [0.4, 0.5) is 18.9 Å². The molecule has 7 nitrogen and oxygen atoms in total. The highest BCUT2D eigenvalue weighted by Crippen LogP contribution is 2.30. The zero-order chi connectivity index (χ0) is 24.8. The Labute approximate surface area is 199 Å². The lowest BCUT2D eigenvalue weighted by atomic mass is 10.1. The van der Waals surface area contributed by atoms with Crippen LogP contribution in [0.3, 0.4) is 0 Å². The molecule has 0 spiro atoms. The lowest BCUT2D eigenvalue weighted by Gasteiger charge is -2.10. The summed E-state index contributed by atoms with van der Waals surface area (Å²) >= 11 is 0. The van der Waals surface area contributed by atoms with E-state index in [4.69, 9.17) is 9.47 Å². The maximum atomic E-state index is 12.7. The van der Waals surface area contributed by atoms with E-state index >= 15 is 0 Å². The first-order valence-corrected chi connectivity index (χ1v) is 10.9. The highest BCUT2D eigenvalue weighted by Gasteiger charge is 2.30. The number of aromatic nitrogens is 3. The standard InChI is InChI=1S/C25H23F3N4O3/c1-2-34-14-13-32-12-11-21-23(32)29-16-30-24(21)35-20-9-7-19(8-10-20)31-22(33)15-17-3-5-18(6-4-17)25(26,27)28/h3-12,16H,2,13-15H2,1H3,(H,31,33). The van der Waals surface area contributed by atoms with Crippen molar-refractivity contribution in [2.75, 3.05) is 18.5 Å². The van der Waals surface area contributed by atoms with Gasteiger partial charge in [-0.25, -0.2) is 9.97 Å². The molecule has 4 rings (SSSR count). The maximum Gasteiger partial charge on any atom is 0.416 e. The number of amides is 1. The van der Waals surface area contributed by atoms with Crippen molar-refractivity contribution in [2.24, 2.45) is 0 Å². The second-order valence-corrected chi connectivity index (χ2v) is 7.67. The van der Waals surface area contributed by atoms with Crippen LogP contribution in [0.5, 0.6) is 11.6 Å². The number of halogens is 3. The molecule has 0 fully saturated rings. The molecule has 0 aliphatic heterocycles. The van der Waals surface area contributed by atoms with Gasteiger partial charge in [-0.1, -0.05) is 12.1 Å². The summed E-state index contributed by atoms with van der Waals surface area (Å²) in [5.41, 5.74) is 1.00. The fourth-order valence-electron chi connectivity index (χ4n) is 3.47. The van der Waals surface area contributed by atoms with Crippen LogP contribution in [0.2, 0.25) is 0 Å². The molecule has 0 unspecified atom stereocenters. The number of ether oxygens (including phenoxy) is 2. The Hall–Kier alpha value is -3.92. The number of rotatable bonds is 9. The van der Waals surface area contributed by atoms with E-state index in [-0.39, 0.29) is 12.3 Å². The predicted octanol–water partition coefficient (Wildman–Crippen LogP) is 5.46. The van der Waals surface area contributed by atoms with E-state index in [1.807, 2.05) is 23.8 Å². The van der Waals surface area contributed by atoms with Gasteiger partial charge < -0.3 is 19.4 Å². The molecule has 0 aliphatic rings. The van der Waals surface area contributed by atoms with Crippen molar-refractivity contribution >= 4 is 22.6 Å². The van der Waals surface area contributed by atoms with Gasteiger partial charge in [-0.15, -0.1) is 0 Å². The van der Waals surface area contributed by atoms with Crippen molar-refractivity contribution in [3.63, 3.8) is 0 Å². The predicted molar refractivity (Wildman–Crippen MR) is 124 cm³/mol. The Balaban J connectivity index is 1.37. The smallest absolute Gasteiger partial charge is 0.416 e. The number of carbonyl (C=O) groups excluding carboxylic acids is 1. The van der Waals surface area contributed by atoms with Crippen LogP contribution in [0.15, 0.2) is 67.1 Å². The summed E-state index contributed by atoms with van der Waals surface area (Å²) in [7, 11) is 0. The summed E-state index contributed by atoms with van der Waals surface area (Å²) in [5, 5.41) is 3.49. The molecule has 0 aliphatic carbocycles. The molecule has 35 heavy (non-hydrogen) atoms. The van der Waals surface area contributed by atoms with Crippen LogP contribution in [0, 0.1) is 0 Å². The number of hydrogen-bond acceptors (Lipinski definition) is 5. The Kier molecular flexibility index (Phi) is 7.31. The van der Waals surface area contributed by atoms with E-state index in [1.165, 1.54) is 18.5 Å². The summed E-state index contributed by atoms with van der Waals surface area (Å²) < 4.78 is 51.3. The molecule has 0 atom stereocenters. The first kappa shape index (κ1) is 24.2. The van der Waals surface area contributed by atoms with E-state index < -0.39 is 11.7 Å². The molecule has 4 aromatic rings. The first-order chi connectivity index (χ1) is 16.8.